The van der Waals surface area contributed by atoms with E-state index in [4.69, 9.17) is 16.9 Å². The number of allylic oxidation sites excluding steroid dienone is 3. The first-order valence-corrected chi connectivity index (χ1v) is 12.6. The Morgan fingerprint density at radius 3 is 2.71 bits per heavy atom. The van der Waals surface area contributed by atoms with Crippen LogP contribution in [-0.2, 0) is 16.1 Å². The van der Waals surface area contributed by atoms with Crippen molar-refractivity contribution in [3.8, 4) is 6.07 Å². The van der Waals surface area contributed by atoms with Gasteiger partial charge >= 0.3 is 0 Å². The van der Waals surface area contributed by atoms with Crippen LogP contribution in [0.2, 0.25) is 5.02 Å². The second kappa shape index (κ2) is 10.8. The van der Waals surface area contributed by atoms with Gasteiger partial charge in [-0.15, -0.1) is 0 Å². The van der Waals surface area contributed by atoms with E-state index in [1.165, 1.54) is 12.8 Å². The zero-order chi connectivity index (χ0) is 24.2. The summed E-state index contributed by atoms with van der Waals surface area (Å²) in [5.74, 6) is 0.0442. The van der Waals surface area contributed by atoms with E-state index < -0.39 is 0 Å². The van der Waals surface area contributed by atoms with Crippen molar-refractivity contribution in [3.05, 3.63) is 52.1 Å². The molecule has 0 spiro atoms. The van der Waals surface area contributed by atoms with E-state index in [9.17, 15) is 9.59 Å². The number of benzene rings is 1. The molecule has 2 amide bonds. The van der Waals surface area contributed by atoms with Crippen molar-refractivity contribution < 1.29 is 9.59 Å². The lowest BCUT2D eigenvalue weighted by Gasteiger charge is -2.41. The molecule has 4 rings (SSSR count). The average Bonchev–Trinajstić information content (AvgIpc) is 3.37. The molecule has 0 bridgehead atoms. The Morgan fingerprint density at radius 2 is 2.00 bits per heavy atom. The van der Waals surface area contributed by atoms with Crippen molar-refractivity contribution in [1.29, 1.82) is 5.26 Å². The molecule has 1 N–H and O–H groups in total. The Bertz CT molecular complexity index is 1050. The van der Waals surface area contributed by atoms with Gasteiger partial charge in [0, 0.05) is 54.4 Å². The Balaban J connectivity index is 1.41. The van der Waals surface area contributed by atoms with Gasteiger partial charge < -0.3 is 10.2 Å². The highest BCUT2D eigenvalue weighted by Crippen LogP contribution is 2.30. The monoisotopic (exact) mass is 480 g/mol. The number of nitrogens with zero attached hydrogens (tertiary/aromatic N) is 3. The number of piperazine rings is 1. The Kier molecular flexibility index (Phi) is 7.75. The first-order valence-electron chi connectivity index (χ1n) is 12.3. The number of nitrogens with one attached hydrogen (secondary N) is 1. The van der Waals surface area contributed by atoms with E-state index in [0.29, 0.717) is 28.6 Å². The summed E-state index contributed by atoms with van der Waals surface area (Å²) in [6.07, 6.45) is 10.3. The van der Waals surface area contributed by atoms with E-state index in [-0.39, 0.29) is 23.8 Å². The van der Waals surface area contributed by atoms with Crippen molar-refractivity contribution in [2.45, 2.75) is 58.5 Å². The standard InChI is InChI=1S/C27H33ClN4O2/c1-18-16-31(10-11-32(18)27(34)21-7-3-4-8-21)17-23-13-24(28)14-25(19(23)2)30-26(33)22-9-5-6-20(12-22)15-29/h5-6,12-14,18,21-22H,3-4,7-11,16-17H2,1-2H3,(H,30,33)/t18-,22?/m0/s1. The molecule has 2 aliphatic carbocycles. The maximum absolute atomic E-state index is 12.9. The third kappa shape index (κ3) is 5.54. The number of carbonyl (C=O) groups excluding carboxylic acids is 2. The topological polar surface area (TPSA) is 76.4 Å². The number of carbonyl (C=O) groups is 2. The van der Waals surface area contributed by atoms with Gasteiger partial charge in [-0.05, 0) is 62.4 Å². The first-order chi connectivity index (χ1) is 16.4. The number of hydrogen-bond donors (Lipinski definition) is 1. The molecule has 1 saturated carbocycles. The quantitative estimate of drug-likeness (QED) is 0.654. The van der Waals surface area contributed by atoms with Crippen molar-refractivity contribution in [2.75, 3.05) is 25.0 Å². The van der Waals surface area contributed by atoms with Gasteiger partial charge in [0.1, 0.15) is 0 Å². The van der Waals surface area contributed by atoms with E-state index in [2.05, 4.69) is 28.1 Å². The van der Waals surface area contributed by atoms with Crippen LogP contribution in [0.4, 0.5) is 5.69 Å². The highest BCUT2D eigenvalue weighted by molar-refractivity contribution is 6.31. The molecule has 0 aromatic heterocycles. The van der Waals surface area contributed by atoms with Crippen LogP contribution < -0.4 is 5.32 Å². The molecule has 1 heterocycles. The molecule has 1 aromatic rings. The SMILES string of the molecule is Cc1c(CN2CCN(C(=O)C3CCCC3)[C@@H](C)C2)cc(Cl)cc1NC(=O)C1C=C(C#N)C=CC1. The molecule has 1 unspecified atom stereocenters. The molecule has 1 aliphatic heterocycles. The smallest absolute Gasteiger partial charge is 0.231 e. The van der Waals surface area contributed by atoms with E-state index in [1.54, 1.807) is 18.2 Å². The van der Waals surface area contributed by atoms with Crippen molar-refractivity contribution in [1.82, 2.24) is 9.80 Å². The van der Waals surface area contributed by atoms with Gasteiger partial charge in [-0.2, -0.15) is 5.26 Å². The predicted octanol–water partition coefficient (Wildman–Crippen LogP) is 4.84. The third-order valence-corrected chi connectivity index (χ3v) is 7.58. The Morgan fingerprint density at radius 1 is 1.24 bits per heavy atom. The van der Waals surface area contributed by atoms with Crippen LogP contribution >= 0.6 is 11.6 Å². The maximum Gasteiger partial charge on any atom is 0.231 e. The molecule has 7 heteroatoms. The van der Waals surface area contributed by atoms with Crippen LogP contribution in [0.5, 0.6) is 0 Å². The predicted molar refractivity (Wildman–Crippen MR) is 134 cm³/mol. The molecule has 0 radical (unpaired) electrons. The van der Waals surface area contributed by atoms with Gasteiger partial charge in [0.25, 0.3) is 0 Å². The largest absolute Gasteiger partial charge is 0.337 e. The number of nitriles is 1. The lowest BCUT2D eigenvalue weighted by atomic mass is 9.95. The van der Waals surface area contributed by atoms with Gasteiger partial charge in [0.15, 0.2) is 0 Å². The van der Waals surface area contributed by atoms with E-state index in [1.807, 2.05) is 19.1 Å². The van der Waals surface area contributed by atoms with Gasteiger partial charge in [0.2, 0.25) is 11.8 Å². The molecule has 1 saturated heterocycles. The van der Waals surface area contributed by atoms with Crippen molar-refractivity contribution >= 4 is 29.1 Å². The molecular weight excluding hydrogens is 448 g/mol. The fraction of sp³-hybridized carbons (Fsp3) is 0.519. The lowest BCUT2D eigenvalue weighted by Crippen LogP contribution is -2.54. The Labute approximate surface area is 207 Å². The van der Waals surface area contributed by atoms with Crippen LogP contribution in [0.1, 0.15) is 50.2 Å². The third-order valence-electron chi connectivity index (χ3n) is 7.36. The molecule has 2 atom stereocenters. The molecule has 3 aliphatic rings. The minimum Gasteiger partial charge on any atom is -0.337 e. The maximum atomic E-state index is 12.9. The lowest BCUT2D eigenvalue weighted by molar-refractivity contribution is -0.140. The minimum atomic E-state index is -0.368. The normalized spacial score (nSPS) is 23.5. The second-order valence-electron chi connectivity index (χ2n) is 9.80. The second-order valence-corrected chi connectivity index (χ2v) is 10.2. The molecule has 2 fully saturated rings. The molecule has 1 aromatic carbocycles. The summed E-state index contributed by atoms with van der Waals surface area (Å²) < 4.78 is 0. The van der Waals surface area contributed by atoms with Crippen LogP contribution in [0.3, 0.4) is 0 Å². The van der Waals surface area contributed by atoms with Crippen LogP contribution in [0.15, 0.2) is 35.9 Å². The van der Waals surface area contributed by atoms with E-state index in [0.717, 1.165) is 50.1 Å². The first kappa shape index (κ1) is 24.5. The number of hydrogen-bond acceptors (Lipinski definition) is 4. The molecular formula is C27H33ClN4O2. The van der Waals surface area contributed by atoms with Gasteiger partial charge in [0.05, 0.1) is 12.0 Å². The summed E-state index contributed by atoms with van der Waals surface area (Å²) in [7, 11) is 0. The minimum absolute atomic E-state index is 0.138. The summed E-state index contributed by atoms with van der Waals surface area (Å²) in [6.45, 7) is 7.26. The number of anilines is 1. The zero-order valence-electron chi connectivity index (χ0n) is 20.0. The number of halogens is 1. The summed E-state index contributed by atoms with van der Waals surface area (Å²) >= 11 is 6.43. The number of amides is 2. The fourth-order valence-corrected chi connectivity index (χ4v) is 5.59. The molecule has 34 heavy (non-hydrogen) atoms. The van der Waals surface area contributed by atoms with Crippen molar-refractivity contribution in [3.63, 3.8) is 0 Å². The summed E-state index contributed by atoms with van der Waals surface area (Å²) in [5, 5.41) is 12.7. The van der Waals surface area contributed by atoms with Gasteiger partial charge in [-0.25, -0.2) is 0 Å². The fourth-order valence-electron chi connectivity index (χ4n) is 5.35. The summed E-state index contributed by atoms with van der Waals surface area (Å²) in [5.41, 5.74) is 3.28. The van der Waals surface area contributed by atoms with Crippen LogP contribution in [-0.4, -0.2) is 47.3 Å². The highest BCUT2D eigenvalue weighted by atomic mass is 35.5. The Hall–Kier alpha value is -2.62. The number of rotatable bonds is 5. The molecule has 6 nitrogen and oxygen atoms in total. The zero-order valence-corrected chi connectivity index (χ0v) is 20.8. The van der Waals surface area contributed by atoms with Gasteiger partial charge in [-0.1, -0.05) is 36.6 Å². The van der Waals surface area contributed by atoms with Crippen LogP contribution in [0, 0.1) is 30.1 Å². The summed E-state index contributed by atoms with van der Waals surface area (Å²) in [6, 6.07) is 6.03. The van der Waals surface area contributed by atoms with E-state index >= 15 is 0 Å². The van der Waals surface area contributed by atoms with Gasteiger partial charge in [-0.3, -0.25) is 14.5 Å². The molecule has 180 valence electrons. The highest BCUT2D eigenvalue weighted by Gasteiger charge is 2.33. The average molecular weight is 481 g/mol. The van der Waals surface area contributed by atoms with Crippen LogP contribution in [0.25, 0.3) is 0 Å². The summed E-state index contributed by atoms with van der Waals surface area (Å²) in [4.78, 5) is 30.2. The van der Waals surface area contributed by atoms with Crippen molar-refractivity contribution in [2.24, 2.45) is 11.8 Å².